The van der Waals surface area contributed by atoms with Crippen LogP contribution in [-0.4, -0.2) is 34.8 Å². The first-order valence-electron chi connectivity index (χ1n) is 11.2. The van der Waals surface area contributed by atoms with E-state index >= 15 is 0 Å². The molecule has 1 aliphatic heterocycles. The third-order valence-corrected chi connectivity index (χ3v) is 6.01. The lowest BCUT2D eigenvalue weighted by atomic mass is 10.1. The van der Waals surface area contributed by atoms with Gasteiger partial charge >= 0.3 is 0 Å². The Hall–Kier alpha value is -3.54. The summed E-state index contributed by atoms with van der Waals surface area (Å²) in [6.45, 7) is 3.57. The average Bonchev–Trinajstić information content (AvgIpc) is 2.81. The number of unbranched alkanes of at least 4 members (excludes halogenated alkanes) is 2. The van der Waals surface area contributed by atoms with Gasteiger partial charge in [0.2, 0.25) is 0 Å². The summed E-state index contributed by atoms with van der Waals surface area (Å²) in [5, 5.41) is 29.4. The van der Waals surface area contributed by atoms with Crippen LogP contribution in [0.5, 0.6) is 17.2 Å². The molecule has 1 aliphatic rings. The van der Waals surface area contributed by atoms with Gasteiger partial charge in [0.25, 0.3) is 0 Å². The van der Waals surface area contributed by atoms with Gasteiger partial charge in [-0.25, -0.2) is 0 Å². The van der Waals surface area contributed by atoms with Gasteiger partial charge in [0, 0.05) is 17.1 Å². The normalized spacial score (nSPS) is 14.7. The molecule has 32 heavy (non-hydrogen) atoms. The third-order valence-electron chi connectivity index (χ3n) is 6.01. The molecule has 168 valence electrons. The molecule has 0 aromatic heterocycles. The smallest absolute Gasteiger partial charge is 0.115 e. The maximum Gasteiger partial charge on any atom is 0.115 e. The van der Waals surface area contributed by atoms with Crippen molar-refractivity contribution in [2.45, 2.75) is 38.8 Å². The van der Waals surface area contributed by atoms with E-state index in [1.807, 2.05) is 36.4 Å². The van der Waals surface area contributed by atoms with Gasteiger partial charge in [0.1, 0.15) is 23.4 Å². The number of rotatable bonds is 7. The first-order chi connectivity index (χ1) is 15.5. The maximum atomic E-state index is 9.82. The van der Waals surface area contributed by atoms with E-state index in [0.29, 0.717) is 13.3 Å². The van der Waals surface area contributed by atoms with Crippen LogP contribution >= 0.6 is 0 Å². The minimum absolute atomic E-state index is 0.129. The largest absolute Gasteiger partial charge is 0.508 e. The molecule has 6 nitrogen and oxygen atoms in total. The molecule has 4 rings (SSSR count). The highest BCUT2D eigenvalue weighted by atomic mass is 16.3. The van der Waals surface area contributed by atoms with Crippen LogP contribution in [0.1, 0.15) is 32.6 Å². The predicted octanol–water partition coefficient (Wildman–Crippen LogP) is 5.46. The number of aromatic hydroxyl groups is 3. The van der Waals surface area contributed by atoms with Gasteiger partial charge in [-0.3, -0.25) is 0 Å². The van der Waals surface area contributed by atoms with Crippen molar-refractivity contribution in [3.8, 4) is 17.2 Å². The number of phenolic OH excluding ortho intramolecular Hbond substituents is 3. The van der Waals surface area contributed by atoms with Crippen LogP contribution in [-0.2, 0) is 0 Å². The summed E-state index contributed by atoms with van der Waals surface area (Å²) in [4.78, 5) is 6.98. The Balaban J connectivity index is 1.74. The van der Waals surface area contributed by atoms with Gasteiger partial charge in [0.15, 0.2) is 0 Å². The van der Waals surface area contributed by atoms with Gasteiger partial charge < -0.3 is 30.0 Å². The van der Waals surface area contributed by atoms with E-state index < -0.39 is 0 Å². The second-order valence-electron chi connectivity index (χ2n) is 8.29. The van der Waals surface area contributed by atoms with E-state index in [4.69, 9.17) is 0 Å². The number of benzene rings is 3. The van der Waals surface area contributed by atoms with Crippen molar-refractivity contribution in [2.75, 3.05) is 28.0 Å². The van der Waals surface area contributed by atoms with Gasteiger partial charge in [-0.05, 0) is 85.6 Å². The van der Waals surface area contributed by atoms with Crippen molar-refractivity contribution < 1.29 is 15.3 Å². The zero-order valence-corrected chi connectivity index (χ0v) is 18.4. The zero-order valence-electron chi connectivity index (χ0n) is 18.4. The lowest BCUT2D eigenvalue weighted by molar-refractivity contribution is 0.443. The van der Waals surface area contributed by atoms with E-state index in [9.17, 15) is 15.3 Å². The fourth-order valence-corrected chi connectivity index (χ4v) is 4.28. The lowest BCUT2D eigenvalue weighted by Gasteiger charge is -2.51. The summed E-state index contributed by atoms with van der Waals surface area (Å²) in [5.74, 6) is 0.743. The van der Waals surface area contributed by atoms with Crippen molar-refractivity contribution in [1.29, 1.82) is 0 Å². The minimum Gasteiger partial charge on any atom is -0.508 e. The Bertz CT molecular complexity index is 935. The highest BCUT2D eigenvalue weighted by Gasteiger charge is 2.33. The summed E-state index contributed by atoms with van der Waals surface area (Å²) >= 11 is 0. The Morgan fingerprint density at radius 1 is 0.625 bits per heavy atom. The standard InChI is InChI=1S/C26H31N3O3/c1-2-3-4-5-26-28(21-8-14-24(31)15-9-21)18-27(20-6-12-23(30)13-7-20)19-29(26)22-10-16-25(32)17-11-22/h6-17,26,30-32H,2-5,18-19H2,1H3. The molecule has 0 atom stereocenters. The zero-order chi connectivity index (χ0) is 22.5. The van der Waals surface area contributed by atoms with Crippen LogP contribution in [0.4, 0.5) is 17.1 Å². The van der Waals surface area contributed by atoms with Gasteiger partial charge in [-0.2, -0.15) is 0 Å². The van der Waals surface area contributed by atoms with E-state index in [1.165, 1.54) is 6.42 Å². The van der Waals surface area contributed by atoms with Crippen LogP contribution in [0.2, 0.25) is 0 Å². The number of anilines is 3. The maximum absolute atomic E-state index is 9.82. The quantitative estimate of drug-likeness (QED) is 0.430. The molecule has 0 radical (unpaired) electrons. The summed E-state index contributed by atoms with van der Waals surface area (Å²) in [5.41, 5.74) is 3.09. The predicted molar refractivity (Wildman–Crippen MR) is 129 cm³/mol. The summed E-state index contributed by atoms with van der Waals surface area (Å²) in [6.07, 6.45) is 4.57. The van der Waals surface area contributed by atoms with Gasteiger partial charge in [-0.1, -0.05) is 19.8 Å². The van der Waals surface area contributed by atoms with Crippen LogP contribution in [0.15, 0.2) is 72.8 Å². The molecule has 3 N–H and O–H groups in total. The molecule has 1 heterocycles. The summed E-state index contributed by atoms with van der Waals surface area (Å²) < 4.78 is 0. The molecule has 0 saturated carbocycles. The Morgan fingerprint density at radius 3 is 1.44 bits per heavy atom. The molecule has 0 aliphatic carbocycles. The van der Waals surface area contributed by atoms with Crippen molar-refractivity contribution in [2.24, 2.45) is 0 Å². The molecule has 3 aromatic carbocycles. The summed E-state index contributed by atoms with van der Waals surface area (Å²) in [7, 11) is 0. The minimum atomic E-state index is 0.129. The van der Waals surface area contributed by atoms with E-state index in [1.54, 1.807) is 36.4 Å². The molecule has 6 heteroatoms. The second-order valence-corrected chi connectivity index (χ2v) is 8.29. The van der Waals surface area contributed by atoms with Crippen LogP contribution in [0.3, 0.4) is 0 Å². The van der Waals surface area contributed by atoms with E-state index in [-0.39, 0.29) is 23.4 Å². The molecule has 1 saturated heterocycles. The number of hydrogen-bond donors (Lipinski definition) is 3. The molecule has 0 unspecified atom stereocenters. The van der Waals surface area contributed by atoms with Gasteiger partial charge in [0.05, 0.1) is 13.3 Å². The highest BCUT2D eigenvalue weighted by Crippen LogP contribution is 2.34. The van der Waals surface area contributed by atoms with Crippen molar-refractivity contribution in [3.05, 3.63) is 72.8 Å². The molecule has 0 spiro atoms. The SMILES string of the molecule is CCCCCC1N(c2ccc(O)cc2)CN(c2ccc(O)cc2)CN1c1ccc(O)cc1. The molecular formula is C26H31N3O3. The average molecular weight is 434 g/mol. The number of hydrogen-bond acceptors (Lipinski definition) is 6. The van der Waals surface area contributed by atoms with Crippen molar-refractivity contribution in [1.82, 2.24) is 0 Å². The Morgan fingerprint density at radius 2 is 1.03 bits per heavy atom. The van der Waals surface area contributed by atoms with Gasteiger partial charge in [-0.15, -0.1) is 0 Å². The Labute approximate surface area is 189 Å². The topological polar surface area (TPSA) is 70.4 Å². The van der Waals surface area contributed by atoms with Crippen molar-refractivity contribution in [3.63, 3.8) is 0 Å². The fraction of sp³-hybridized carbons (Fsp3) is 0.308. The van der Waals surface area contributed by atoms with Crippen LogP contribution < -0.4 is 14.7 Å². The number of nitrogens with zero attached hydrogens (tertiary/aromatic N) is 3. The molecule has 0 amide bonds. The fourth-order valence-electron chi connectivity index (χ4n) is 4.28. The van der Waals surface area contributed by atoms with Crippen LogP contribution in [0, 0.1) is 0 Å². The second kappa shape index (κ2) is 9.73. The van der Waals surface area contributed by atoms with Crippen LogP contribution in [0.25, 0.3) is 0 Å². The molecule has 3 aromatic rings. The molecular weight excluding hydrogens is 402 g/mol. The first-order valence-corrected chi connectivity index (χ1v) is 11.2. The highest BCUT2D eigenvalue weighted by molar-refractivity contribution is 5.61. The number of phenols is 3. The molecule has 0 bridgehead atoms. The third kappa shape index (κ3) is 4.85. The molecule has 1 fully saturated rings. The van der Waals surface area contributed by atoms with E-state index in [2.05, 4.69) is 21.6 Å². The van der Waals surface area contributed by atoms with Crippen molar-refractivity contribution >= 4 is 17.1 Å². The van der Waals surface area contributed by atoms with E-state index in [0.717, 1.165) is 36.3 Å². The monoisotopic (exact) mass is 433 g/mol. The lowest BCUT2D eigenvalue weighted by Crippen LogP contribution is -2.62. The Kier molecular flexibility index (Phi) is 6.59. The first kappa shape index (κ1) is 21.7. The summed E-state index contributed by atoms with van der Waals surface area (Å²) in [6, 6.07) is 22.0.